The van der Waals surface area contributed by atoms with E-state index < -0.39 is 5.97 Å². The molecule has 19 heavy (non-hydrogen) atoms. The van der Waals surface area contributed by atoms with E-state index in [9.17, 15) is 4.79 Å². The summed E-state index contributed by atoms with van der Waals surface area (Å²) in [5, 5.41) is 9.16. The predicted octanol–water partition coefficient (Wildman–Crippen LogP) is 2.51. The summed E-state index contributed by atoms with van der Waals surface area (Å²) in [6.45, 7) is 1.35. The lowest BCUT2D eigenvalue weighted by Gasteiger charge is -2.14. The summed E-state index contributed by atoms with van der Waals surface area (Å²) >= 11 is 3.61. The fourth-order valence-corrected chi connectivity index (χ4v) is 4.00. The minimum Gasteiger partial charge on any atom is -0.493 e. The molecule has 5 heteroatoms. The Labute approximate surface area is 118 Å². The van der Waals surface area contributed by atoms with Crippen LogP contribution in [0.4, 0.5) is 0 Å². The summed E-state index contributed by atoms with van der Waals surface area (Å²) < 4.78 is 12.5. The number of aliphatic carboxylic acids is 1. The fourth-order valence-electron chi connectivity index (χ4n) is 3.27. The molecule has 2 atom stereocenters. The molecule has 0 aromatic heterocycles. The Balaban J connectivity index is 1.89. The molecule has 1 aromatic carbocycles. The predicted molar refractivity (Wildman–Crippen MR) is 71.0 cm³/mol. The number of benzene rings is 1. The van der Waals surface area contributed by atoms with Crippen LogP contribution >= 0.6 is 15.9 Å². The van der Waals surface area contributed by atoms with Gasteiger partial charge in [-0.1, -0.05) is 0 Å². The average molecular weight is 325 g/mol. The van der Waals surface area contributed by atoms with E-state index in [2.05, 4.69) is 15.9 Å². The molecule has 3 aliphatic rings. The van der Waals surface area contributed by atoms with Crippen molar-refractivity contribution < 1.29 is 19.4 Å². The van der Waals surface area contributed by atoms with E-state index in [0.717, 1.165) is 51.9 Å². The van der Waals surface area contributed by atoms with E-state index in [-0.39, 0.29) is 11.8 Å². The largest absolute Gasteiger partial charge is 0.493 e. The lowest BCUT2D eigenvalue weighted by Crippen LogP contribution is -2.02. The molecule has 1 fully saturated rings. The van der Waals surface area contributed by atoms with E-state index in [1.54, 1.807) is 0 Å². The van der Waals surface area contributed by atoms with Crippen molar-refractivity contribution in [2.45, 2.75) is 25.2 Å². The van der Waals surface area contributed by atoms with Crippen LogP contribution in [0.25, 0.3) is 0 Å². The van der Waals surface area contributed by atoms with Crippen LogP contribution in [0.5, 0.6) is 11.5 Å². The van der Waals surface area contributed by atoms with Crippen molar-refractivity contribution in [3.8, 4) is 11.5 Å². The van der Waals surface area contributed by atoms with Gasteiger partial charge in [-0.05, 0) is 22.4 Å². The highest BCUT2D eigenvalue weighted by atomic mass is 79.9. The maximum atomic E-state index is 11.1. The maximum Gasteiger partial charge on any atom is 0.307 e. The third-order valence-electron chi connectivity index (χ3n) is 4.26. The summed E-state index contributed by atoms with van der Waals surface area (Å²) in [6, 6.07) is 0. The van der Waals surface area contributed by atoms with Gasteiger partial charge in [0.05, 0.1) is 23.6 Å². The van der Waals surface area contributed by atoms with Gasteiger partial charge in [-0.2, -0.15) is 0 Å². The van der Waals surface area contributed by atoms with Crippen LogP contribution in [0.15, 0.2) is 4.47 Å². The van der Waals surface area contributed by atoms with Crippen molar-refractivity contribution in [1.29, 1.82) is 0 Å². The van der Waals surface area contributed by atoms with Crippen molar-refractivity contribution in [2.24, 2.45) is 5.92 Å². The molecule has 0 bridgehead atoms. The normalized spacial score (nSPS) is 26.4. The second-order valence-corrected chi connectivity index (χ2v) is 6.12. The monoisotopic (exact) mass is 324 g/mol. The first-order valence-corrected chi connectivity index (χ1v) is 7.33. The Morgan fingerprint density at radius 1 is 1.16 bits per heavy atom. The molecule has 4 nitrogen and oxygen atoms in total. The van der Waals surface area contributed by atoms with Crippen molar-refractivity contribution in [3.63, 3.8) is 0 Å². The number of carbonyl (C=O) groups is 1. The molecule has 2 unspecified atom stereocenters. The topological polar surface area (TPSA) is 55.8 Å². The van der Waals surface area contributed by atoms with Gasteiger partial charge in [0.25, 0.3) is 0 Å². The molecule has 100 valence electrons. The Morgan fingerprint density at radius 3 is 2.53 bits per heavy atom. The van der Waals surface area contributed by atoms with Gasteiger partial charge < -0.3 is 14.6 Å². The minimum absolute atomic E-state index is 0.105. The zero-order valence-electron chi connectivity index (χ0n) is 10.2. The third-order valence-corrected chi connectivity index (χ3v) is 5.10. The third kappa shape index (κ3) is 1.54. The second kappa shape index (κ2) is 3.88. The molecule has 0 saturated heterocycles. The summed E-state index contributed by atoms with van der Waals surface area (Å²) in [5.41, 5.74) is 3.41. The van der Waals surface area contributed by atoms with Gasteiger partial charge in [-0.3, -0.25) is 4.79 Å². The van der Waals surface area contributed by atoms with E-state index in [1.165, 1.54) is 0 Å². The molecule has 0 spiro atoms. The number of hydrogen-bond donors (Lipinski definition) is 1. The summed E-state index contributed by atoms with van der Waals surface area (Å²) in [5.74, 6) is 0.986. The first-order chi connectivity index (χ1) is 9.18. The standard InChI is InChI=1S/C14H13BrO4/c15-11-7-2-4-18-12(7)10(6-1-3-19-13(6)11)8-5-9(8)14(16)17/h8-9H,1-5H2,(H,16,17). The Kier molecular flexibility index (Phi) is 2.37. The van der Waals surface area contributed by atoms with Crippen LogP contribution in [0, 0.1) is 5.92 Å². The van der Waals surface area contributed by atoms with Crippen molar-refractivity contribution in [1.82, 2.24) is 0 Å². The zero-order chi connectivity index (χ0) is 13.1. The van der Waals surface area contributed by atoms with Gasteiger partial charge in [-0.15, -0.1) is 0 Å². The van der Waals surface area contributed by atoms with Gasteiger partial charge in [0.2, 0.25) is 0 Å². The molecule has 0 amide bonds. The van der Waals surface area contributed by atoms with Crippen molar-refractivity contribution >= 4 is 21.9 Å². The molecule has 0 radical (unpaired) electrons. The smallest absolute Gasteiger partial charge is 0.307 e. The van der Waals surface area contributed by atoms with Crippen LogP contribution in [-0.4, -0.2) is 24.3 Å². The highest BCUT2D eigenvalue weighted by Gasteiger charge is 2.49. The number of carboxylic acid groups (broad SMARTS) is 1. The van der Waals surface area contributed by atoms with Gasteiger partial charge in [0, 0.05) is 35.4 Å². The number of halogens is 1. The molecule has 2 heterocycles. The van der Waals surface area contributed by atoms with E-state index in [4.69, 9.17) is 14.6 Å². The lowest BCUT2D eigenvalue weighted by atomic mass is 9.95. The van der Waals surface area contributed by atoms with Gasteiger partial charge >= 0.3 is 5.97 Å². The molecule has 1 aliphatic carbocycles. The van der Waals surface area contributed by atoms with Crippen LogP contribution in [0.1, 0.15) is 29.0 Å². The highest BCUT2D eigenvalue weighted by molar-refractivity contribution is 9.10. The van der Waals surface area contributed by atoms with Gasteiger partial charge in [0.15, 0.2) is 0 Å². The summed E-state index contributed by atoms with van der Waals surface area (Å²) in [6.07, 6.45) is 2.44. The van der Waals surface area contributed by atoms with E-state index in [0.29, 0.717) is 13.2 Å². The summed E-state index contributed by atoms with van der Waals surface area (Å²) in [4.78, 5) is 11.1. The SMILES string of the molecule is O=C(O)C1CC1c1c2c(c(Br)c3c1OCC3)OCC2. The Bertz CT molecular complexity index is 561. The number of hydrogen-bond acceptors (Lipinski definition) is 3. The van der Waals surface area contributed by atoms with Gasteiger partial charge in [-0.25, -0.2) is 0 Å². The molecular weight excluding hydrogens is 312 g/mol. The molecule has 1 aromatic rings. The van der Waals surface area contributed by atoms with Crippen LogP contribution in [-0.2, 0) is 17.6 Å². The molecule has 2 aliphatic heterocycles. The highest BCUT2D eigenvalue weighted by Crippen LogP contribution is 2.57. The number of ether oxygens (including phenoxy) is 2. The quantitative estimate of drug-likeness (QED) is 0.908. The fraction of sp³-hybridized carbons (Fsp3) is 0.500. The number of rotatable bonds is 2. The van der Waals surface area contributed by atoms with Crippen molar-refractivity contribution in [2.75, 3.05) is 13.2 Å². The minimum atomic E-state index is -0.702. The second-order valence-electron chi connectivity index (χ2n) is 5.33. The van der Waals surface area contributed by atoms with Crippen molar-refractivity contribution in [3.05, 3.63) is 21.2 Å². The maximum absolute atomic E-state index is 11.1. The lowest BCUT2D eigenvalue weighted by molar-refractivity contribution is -0.138. The summed E-state index contributed by atoms with van der Waals surface area (Å²) in [7, 11) is 0. The molecule has 1 N–H and O–H groups in total. The van der Waals surface area contributed by atoms with Crippen LogP contribution in [0.3, 0.4) is 0 Å². The number of fused-ring (bicyclic) bond motifs is 2. The van der Waals surface area contributed by atoms with E-state index >= 15 is 0 Å². The average Bonchev–Trinajstić information content (AvgIpc) is 2.82. The molecular formula is C14H13BrO4. The first-order valence-electron chi connectivity index (χ1n) is 6.54. The Hall–Kier alpha value is -1.23. The van der Waals surface area contributed by atoms with E-state index in [1.807, 2.05) is 0 Å². The Morgan fingerprint density at radius 2 is 1.84 bits per heavy atom. The zero-order valence-corrected chi connectivity index (χ0v) is 11.8. The number of carboxylic acids is 1. The van der Waals surface area contributed by atoms with Crippen LogP contribution < -0.4 is 9.47 Å². The molecule has 1 saturated carbocycles. The first kappa shape index (κ1) is 11.6. The van der Waals surface area contributed by atoms with Crippen LogP contribution in [0.2, 0.25) is 0 Å². The van der Waals surface area contributed by atoms with Gasteiger partial charge in [0.1, 0.15) is 11.5 Å². The molecule has 4 rings (SSSR count).